The van der Waals surface area contributed by atoms with Crippen molar-refractivity contribution < 1.29 is 5.11 Å². The van der Waals surface area contributed by atoms with Gasteiger partial charge in [0.1, 0.15) is 5.60 Å². The summed E-state index contributed by atoms with van der Waals surface area (Å²) in [4.78, 5) is 3.99. The molecule has 0 aliphatic heterocycles. The number of hydrogen-bond acceptors (Lipinski definition) is 2. The van der Waals surface area contributed by atoms with Gasteiger partial charge in [-0.1, -0.05) is 37.6 Å². The quantitative estimate of drug-likeness (QED) is 0.915. The Kier molecular flexibility index (Phi) is 3.69. The molecular formula is C15H16ClNO. The summed E-state index contributed by atoms with van der Waals surface area (Å²) in [6, 6.07) is 11.0. The third kappa shape index (κ3) is 2.26. The topological polar surface area (TPSA) is 33.1 Å². The summed E-state index contributed by atoms with van der Waals surface area (Å²) in [5, 5.41) is 11.7. The van der Waals surface area contributed by atoms with Crippen molar-refractivity contribution in [3.05, 3.63) is 64.9 Å². The lowest BCUT2D eigenvalue weighted by Crippen LogP contribution is -2.33. The second-order valence-corrected chi connectivity index (χ2v) is 5.10. The molecule has 1 heterocycles. The number of pyridine rings is 1. The molecular weight excluding hydrogens is 246 g/mol. The Morgan fingerprint density at radius 2 is 1.50 bits per heavy atom. The first-order chi connectivity index (χ1) is 8.55. The van der Waals surface area contributed by atoms with E-state index in [1.54, 1.807) is 24.5 Å². The molecule has 0 spiro atoms. The van der Waals surface area contributed by atoms with E-state index in [1.807, 2.05) is 38.1 Å². The lowest BCUT2D eigenvalue weighted by molar-refractivity contribution is 0.0317. The highest BCUT2D eigenvalue weighted by atomic mass is 35.5. The molecule has 2 rings (SSSR count). The fraction of sp³-hybridized carbons (Fsp3) is 0.267. The van der Waals surface area contributed by atoms with Crippen LogP contribution in [0.25, 0.3) is 0 Å². The van der Waals surface area contributed by atoms with Crippen molar-refractivity contribution in [2.75, 3.05) is 0 Å². The lowest BCUT2D eigenvalue weighted by Gasteiger charge is -2.33. The molecule has 3 heteroatoms. The number of benzene rings is 1. The average Bonchev–Trinajstić information content (AvgIpc) is 2.39. The van der Waals surface area contributed by atoms with Gasteiger partial charge in [-0.3, -0.25) is 4.98 Å². The van der Waals surface area contributed by atoms with Crippen LogP contribution in [0, 0.1) is 5.92 Å². The molecule has 0 saturated carbocycles. The molecule has 94 valence electrons. The predicted molar refractivity (Wildman–Crippen MR) is 73.5 cm³/mol. The maximum absolute atomic E-state index is 11.1. The van der Waals surface area contributed by atoms with Crippen LogP contribution in [0.2, 0.25) is 5.02 Å². The molecule has 1 aromatic heterocycles. The van der Waals surface area contributed by atoms with Crippen molar-refractivity contribution in [3.8, 4) is 0 Å². The fourth-order valence-electron chi connectivity index (χ4n) is 2.14. The third-order valence-corrected chi connectivity index (χ3v) is 3.49. The zero-order valence-corrected chi connectivity index (χ0v) is 11.2. The van der Waals surface area contributed by atoms with Crippen molar-refractivity contribution in [2.24, 2.45) is 5.92 Å². The van der Waals surface area contributed by atoms with E-state index in [-0.39, 0.29) is 5.92 Å². The van der Waals surface area contributed by atoms with Crippen LogP contribution in [0.15, 0.2) is 48.8 Å². The smallest absolute Gasteiger partial charge is 0.117 e. The maximum atomic E-state index is 11.1. The van der Waals surface area contributed by atoms with Crippen LogP contribution >= 0.6 is 11.6 Å². The van der Waals surface area contributed by atoms with Crippen LogP contribution in [0.3, 0.4) is 0 Å². The molecule has 0 aliphatic rings. The summed E-state index contributed by atoms with van der Waals surface area (Å²) < 4.78 is 0. The van der Waals surface area contributed by atoms with E-state index in [0.29, 0.717) is 5.02 Å². The van der Waals surface area contributed by atoms with E-state index in [0.717, 1.165) is 11.1 Å². The molecule has 2 nitrogen and oxygen atoms in total. The molecule has 1 aromatic carbocycles. The number of hydrogen-bond donors (Lipinski definition) is 1. The normalized spacial score (nSPS) is 14.5. The Hall–Kier alpha value is -1.38. The van der Waals surface area contributed by atoms with Crippen LogP contribution in [0.4, 0.5) is 0 Å². The van der Waals surface area contributed by atoms with E-state index >= 15 is 0 Å². The number of aromatic nitrogens is 1. The first-order valence-electron chi connectivity index (χ1n) is 5.94. The zero-order chi connectivity index (χ0) is 13.2. The van der Waals surface area contributed by atoms with Crippen molar-refractivity contribution >= 4 is 11.6 Å². The van der Waals surface area contributed by atoms with E-state index in [9.17, 15) is 5.11 Å². The molecule has 0 saturated heterocycles. The van der Waals surface area contributed by atoms with Gasteiger partial charge in [0, 0.05) is 17.4 Å². The van der Waals surface area contributed by atoms with Crippen LogP contribution in [-0.2, 0) is 5.60 Å². The number of aliphatic hydroxyl groups is 1. The fourth-order valence-corrected chi connectivity index (χ4v) is 2.27. The van der Waals surface area contributed by atoms with Gasteiger partial charge in [0.2, 0.25) is 0 Å². The average molecular weight is 262 g/mol. The van der Waals surface area contributed by atoms with E-state index in [4.69, 9.17) is 11.6 Å². The summed E-state index contributed by atoms with van der Waals surface area (Å²) >= 11 is 5.90. The van der Waals surface area contributed by atoms with Gasteiger partial charge in [-0.05, 0) is 41.3 Å². The highest BCUT2D eigenvalue weighted by Gasteiger charge is 2.34. The van der Waals surface area contributed by atoms with Crippen LogP contribution in [0.1, 0.15) is 25.0 Å². The van der Waals surface area contributed by atoms with Gasteiger partial charge in [0.05, 0.1) is 0 Å². The van der Waals surface area contributed by atoms with Gasteiger partial charge in [-0.15, -0.1) is 0 Å². The molecule has 1 atom stereocenters. The third-order valence-electron chi connectivity index (χ3n) is 3.24. The molecule has 1 N–H and O–H groups in total. The molecule has 0 fully saturated rings. The van der Waals surface area contributed by atoms with Crippen molar-refractivity contribution in [1.29, 1.82) is 0 Å². The van der Waals surface area contributed by atoms with Gasteiger partial charge < -0.3 is 5.11 Å². The van der Waals surface area contributed by atoms with E-state index < -0.39 is 5.60 Å². The number of rotatable bonds is 3. The molecule has 0 bridgehead atoms. The largest absolute Gasteiger partial charge is 0.380 e. The number of nitrogens with zero attached hydrogens (tertiary/aromatic N) is 1. The van der Waals surface area contributed by atoms with Crippen molar-refractivity contribution in [3.63, 3.8) is 0 Å². The molecule has 0 radical (unpaired) electrons. The maximum Gasteiger partial charge on any atom is 0.117 e. The minimum atomic E-state index is -1.02. The highest BCUT2D eigenvalue weighted by molar-refractivity contribution is 6.30. The van der Waals surface area contributed by atoms with Gasteiger partial charge in [0.25, 0.3) is 0 Å². The van der Waals surface area contributed by atoms with Crippen molar-refractivity contribution in [2.45, 2.75) is 19.4 Å². The Labute approximate surface area is 112 Å². The van der Waals surface area contributed by atoms with Gasteiger partial charge in [-0.2, -0.15) is 0 Å². The van der Waals surface area contributed by atoms with Gasteiger partial charge >= 0.3 is 0 Å². The van der Waals surface area contributed by atoms with Crippen LogP contribution in [-0.4, -0.2) is 10.1 Å². The second kappa shape index (κ2) is 5.09. The monoisotopic (exact) mass is 261 g/mol. The first kappa shape index (κ1) is 13.1. The van der Waals surface area contributed by atoms with E-state index in [1.165, 1.54) is 0 Å². The molecule has 0 aliphatic carbocycles. The SMILES string of the molecule is CC(C)C(O)(c1ccncc1)c1ccc(Cl)cc1. The standard InChI is InChI=1S/C15H16ClNO/c1-11(2)15(18,13-7-9-17-10-8-13)12-3-5-14(16)6-4-12/h3-11,18H,1-2H3. The Bertz CT molecular complexity index is 510. The van der Waals surface area contributed by atoms with Crippen LogP contribution < -0.4 is 0 Å². The summed E-state index contributed by atoms with van der Waals surface area (Å²) in [6.45, 7) is 3.99. The minimum Gasteiger partial charge on any atom is -0.380 e. The zero-order valence-electron chi connectivity index (χ0n) is 10.5. The van der Waals surface area contributed by atoms with Crippen molar-refractivity contribution in [1.82, 2.24) is 4.98 Å². The molecule has 0 amide bonds. The van der Waals surface area contributed by atoms with Gasteiger partial charge in [0.15, 0.2) is 0 Å². The Morgan fingerprint density at radius 1 is 1.00 bits per heavy atom. The second-order valence-electron chi connectivity index (χ2n) is 4.66. The minimum absolute atomic E-state index is 0.0427. The Morgan fingerprint density at radius 3 is 2.00 bits per heavy atom. The molecule has 2 aromatic rings. The molecule has 1 unspecified atom stereocenters. The highest BCUT2D eigenvalue weighted by Crippen LogP contribution is 2.36. The summed E-state index contributed by atoms with van der Waals surface area (Å²) in [5.41, 5.74) is 0.663. The predicted octanol–water partition coefficient (Wildman–Crippen LogP) is 3.63. The lowest BCUT2D eigenvalue weighted by atomic mass is 9.78. The molecule has 18 heavy (non-hydrogen) atoms. The summed E-state index contributed by atoms with van der Waals surface area (Å²) in [5.74, 6) is 0.0427. The van der Waals surface area contributed by atoms with Gasteiger partial charge in [-0.25, -0.2) is 0 Å². The first-order valence-corrected chi connectivity index (χ1v) is 6.32. The summed E-state index contributed by atoms with van der Waals surface area (Å²) in [7, 11) is 0. The van der Waals surface area contributed by atoms with Crippen LogP contribution in [0.5, 0.6) is 0 Å². The van der Waals surface area contributed by atoms with E-state index in [2.05, 4.69) is 4.98 Å². The summed E-state index contributed by atoms with van der Waals surface area (Å²) in [6.07, 6.45) is 3.39. The number of halogens is 1. The Balaban J connectivity index is 2.54.